The second kappa shape index (κ2) is 5.89. The number of carbonyl (C=O) groups is 1. The lowest BCUT2D eigenvalue weighted by Crippen LogP contribution is -2.43. The summed E-state index contributed by atoms with van der Waals surface area (Å²) in [5, 5.41) is 15.3. The van der Waals surface area contributed by atoms with Crippen LogP contribution in [0.3, 0.4) is 0 Å². The summed E-state index contributed by atoms with van der Waals surface area (Å²) in [5.41, 5.74) is 0.0174. The molecule has 0 radical (unpaired) electrons. The van der Waals surface area contributed by atoms with Crippen molar-refractivity contribution >= 4 is 17.6 Å². The molecule has 4 nitrogen and oxygen atoms in total. The summed E-state index contributed by atoms with van der Waals surface area (Å²) in [5.74, 6) is 0. The minimum atomic E-state index is -0.909. The van der Waals surface area contributed by atoms with Gasteiger partial charge in [0.25, 0.3) is 0 Å². The fraction of sp³-hybridized carbons (Fsp3) is 0.417. The van der Waals surface area contributed by atoms with Crippen molar-refractivity contribution in [2.24, 2.45) is 0 Å². The summed E-state index contributed by atoms with van der Waals surface area (Å²) in [6.45, 7) is 3.86. The van der Waals surface area contributed by atoms with Gasteiger partial charge in [0.2, 0.25) is 0 Å². The number of carbonyl (C=O) groups excluding carboxylic acids is 1. The molecule has 0 atom stereocenters. The van der Waals surface area contributed by atoms with Gasteiger partial charge in [-0.1, -0.05) is 23.7 Å². The molecule has 0 saturated heterocycles. The van der Waals surface area contributed by atoms with E-state index in [1.807, 2.05) is 12.1 Å². The Hall–Kier alpha value is -1.26. The Labute approximate surface area is 106 Å². The molecule has 1 aromatic rings. The standard InChI is InChI=1S/C12H17ClN2O2/c1-12(2,17)8-15-11(16)14-7-9-4-3-5-10(13)6-9/h3-6,17H,7-8H2,1-2H3,(H2,14,15,16). The van der Waals surface area contributed by atoms with E-state index in [0.717, 1.165) is 5.56 Å². The molecular weight excluding hydrogens is 240 g/mol. The zero-order chi connectivity index (χ0) is 12.9. The molecule has 0 fully saturated rings. The number of amides is 2. The van der Waals surface area contributed by atoms with Crippen LogP contribution in [0.4, 0.5) is 4.79 Å². The summed E-state index contributed by atoms with van der Waals surface area (Å²) >= 11 is 5.82. The van der Waals surface area contributed by atoms with Crippen molar-refractivity contribution in [3.8, 4) is 0 Å². The SMILES string of the molecule is CC(C)(O)CNC(=O)NCc1cccc(Cl)c1. The predicted octanol–water partition coefficient (Wildman–Crippen LogP) is 1.91. The van der Waals surface area contributed by atoms with Crippen LogP contribution in [0.15, 0.2) is 24.3 Å². The van der Waals surface area contributed by atoms with Gasteiger partial charge in [-0.3, -0.25) is 0 Å². The molecule has 0 aromatic heterocycles. The first kappa shape index (κ1) is 13.8. The van der Waals surface area contributed by atoms with Crippen LogP contribution in [0.1, 0.15) is 19.4 Å². The summed E-state index contributed by atoms with van der Waals surface area (Å²) in [6.07, 6.45) is 0. The topological polar surface area (TPSA) is 61.4 Å². The van der Waals surface area contributed by atoms with Crippen LogP contribution >= 0.6 is 11.6 Å². The smallest absolute Gasteiger partial charge is 0.315 e. The normalized spacial score (nSPS) is 11.1. The van der Waals surface area contributed by atoms with Gasteiger partial charge in [-0.15, -0.1) is 0 Å². The first-order valence-electron chi connectivity index (χ1n) is 5.35. The number of nitrogens with one attached hydrogen (secondary N) is 2. The van der Waals surface area contributed by atoms with E-state index in [9.17, 15) is 9.90 Å². The van der Waals surface area contributed by atoms with Crippen molar-refractivity contribution in [1.82, 2.24) is 10.6 Å². The molecule has 3 N–H and O–H groups in total. The lowest BCUT2D eigenvalue weighted by molar-refractivity contribution is 0.0819. The Morgan fingerprint density at radius 1 is 1.41 bits per heavy atom. The van der Waals surface area contributed by atoms with Gasteiger partial charge in [0, 0.05) is 18.1 Å². The van der Waals surface area contributed by atoms with E-state index in [-0.39, 0.29) is 12.6 Å². The molecule has 0 unspecified atom stereocenters. The van der Waals surface area contributed by atoms with Gasteiger partial charge >= 0.3 is 6.03 Å². The maximum Gasteiger partial charge on any atom is 0.315 e. The Morgan fingerprint density at radius 2 is 2.12 bits per heavy atom. The van der Waals surface area contributed by atoms with Crippen molar-refractivity contribution < 1.29 is 9.90 Å². The summed E-state index contributed by atoms with van der Waals surface area (Å²) in [6, 6.07) is 6.96. The third-order valence-corrected chi connectivity index (χ3v) is 2.26. The van der Waals surface area contributed by atoms with Crippen molar-refractivity contribution in [2.75, 3.05) is 6.54 Å². The number of aliphatic hydroxyl groups is 1. The number of urea groups is 1. The Kier molecular flexibility index (Phi) is 4.78. The fourth-order valence-corrected chi connectivity index (χ4v) is 1.40. The first-order valence-corrected chi connectivity index (χ1v) is 5.73. The van der Waals surface area contributed by atoms with Crippen LogP contribution in [-0.2, 0) is 6.54 Å². The molecule has 0 aliphatic carbocycles. The molecular formula is C12H17ClN2O2. The van der Waals surface area contributed by atoms with Crippen molar-refractivity contribution in [2.45, 2.75) is 26.0 Å². The highest BCUT2D eigenvalue weighted by Gasteiger charge is 2.13. The predicted molar refractivity (Wildman–Crippen MR) is 68.0 cm³/mol. The molecule has 1 aromatic carbocycles. The summed E-state index contributed by atoms with van der Waals surface area (Å²) < 4.78 is 0. The van der Waals surface area contributed by atoms with Gasteiger partial charge in [0.15, 0.2) is 0 Å². The monoisotopic (exact) mass is 256 g/mol. The van der Waals surface area contributed by atoms with Gasteiger partial charge in [-0.05, 0) is 31.5 Å². The van der Waals surface area contributed by atoms with Gasteiger partial charge in [0.05, 0.1) is 5.60 Å². The first-order chi connectivity index (χ1) is 7.87. The van der Waals surface area contributed by atoms with Crippen LogP contribution in [0.5, 0.6) is 0 Å². The Bertz CT molecular complexity index is 388. The fourth-order valence-electron chi connectivity index (χ4n) is 1.19. The number of hydrogen-bond acceptors (Lipinski definition) is 2. The number of hydrogen-bond donors (Lipinski definition) is 3. The zero-order valence-corrected chi connectivity index (χ0v) is 10.7. The minimum absolute atomic E-state index is 0.203. The molecule has 0 bridgehead atoms. The van der Waals surface area contributed by atoms with E-state index in [2.05, 4.69) is 10.6 Å². The number of rotatable bonds is 4. The number of halogens is 1. The molecule has 1 rings (SSSR count). The largest absolute Gasteiger partial charge is 0.389 e. The van der Waals surface area contributed by atoms with Crippen molar-refractivity contribution in [3.63, 3.8) is 0 Å². The van der Waals surface area contributed by atoms with Crippen LogP contribution in [0.25, 0.3) is 0 Å². The van der Waals surface area contributed by atoms with Crippen molar-refractivity contribution in [3.05, 3.63) is 34.9 Å². The van der Waals surface area contributed by atoms with Gasteiger partial charge in [-0.25, -0.2) is 4.79 Å². The third kappa shape index (κ3) is 6.14. The molecule has 0 aliphatic heterocycles. The molecule has 0 saturated carbocycles. The Morgan fingerprint density at radius 3 is 2.71 bits per heavy atom. The number of benzene rings is 1. The molecule has 0 aliphatic rings. The highest BCUT2D eigenvalue weighted by molar-refractivity contribution is 6.30. The minimum Gasteiger partial charge on any atom is -0.389 e. The van der Waals surface area contributed by atoms with Crippen LogP contribution in [-0.4, -0.2) is 23.3 Å². The second-order valence-corrected chi connectivity index (χ2v) is 4.92. The molecule has 17 heavy (non-hydrogen) atoms. The van der Waals surface area contributed by atoms with Crippen LogP contribution in [0, 0.1) is 0 Å². The quantitative estimate of drug-likeness (QED) is 0.771. The highest BCUT2D eigenvalue weighted by Crippen LogP contribution is 2.10. The molecule has 0 spiro atoms. The molecule has 2 amide bonds. The van der Waals surface area contributed by atoms with Crippen molar-refractivity contribution in [1.29, 1.82) is 0 Å². The van der Waals surface area contributed by atoms with E-state index in [0.29, 0.717) is 11.6 Å². The van der Waals surface area contributed by atoms with E-state index in [1.165, 1.54) is 0 Å². The van der Waals surface area contributed by atoms with E-state index in [4.69, 9.17) is 11.6 Å². The zero-order valence-electron chi connectivity index (χ0n) is 9.96. The maximum absolute atomic E-state index is 11.4. The van der Waals surface area contributed by atoms with E-state index < -0.39 is 5.60 Å². The molecule has 5 heteroatoms. The summed E-state index contributed by atoms with van der Waals surface area (Å²) in [4.78, 5) is 11.4. The third-order valence-electron chi connectivity index (χ3n) is 2.02. The average molecular weight is 257 g/mol. The Balaban J connectivity index is 2.33. The maximum atomic E-state index is 11.4. The lowest BCUT2D eigenvalue weighted by Gasteiger charge is -2.17. The molecule has 94 valence electrons. The lowest BCUT2D eigenvalue weighted by atomic mass is 10.1. The second-order valence-electron chi connectivity index (χ2n) is 4.48. The van der Waals surface area contributed by atoms with Gasteiger partial charge in [0.1, 0.15) is 0 Å². The van der Waals surface area contributed by atoms with Gasteiger partial charge in [-0.2, -0.15) is 0 Å². The molecule has 0 heterocycles. The highest BCUT2D eigenvalue weighted by atomic mass is 35.5. The van der Waals surface area contributed by atoms with Crippen LogP contribution < -0.4 is 10.6 Å². The van der Waals surface area contributed by atoms with Gasteiger partial charge < -0.3 is 15.7 Å². The average Bonchev–Trinajstić information content (AvgIpc) is 2.23. The van der Waals surface area contributed by atoms with E-state index in [1.54, 1.807) is 26.0 Å². The van der Waals surface area contributed by atoms with E-state index >= 15 is 0 Å². The summed E-state index contributed by atoms with van der Waals surface area (Å²) in [7, 11) is 0. The van der Waals surface area contributed by atoms with Crippen LogP contribution in [0.2, 0.25) is 5.02 Å².